The first kappa shape index (κ1) is 20.5. The number of anilines is 1. The molecule has 0 radical (unpaired) electrons. The molecule has 1 aliphatic rings. The van der Waals surface area contributed by atoms with Crippen LogP contribution in [0.15, 0.2) is 35.0 Å². The Labute approximate surface area is 186 Å². The molecule has 3 aromatic heterocycles. The molecular formula is C20H20FN7O3S. The van der Waals surface area contributed by atoms with Crippen LogP contribution in [0.1, 0.15) is 10.7 Å². The maximum atomic E-state index is 12.3. The van der Waals surface area contributed by atoms with Crippen molar-refractivity contribution in [3.05, 3.63) is 41.2 Å². The van der Waals surface area contributed by atoms with Gasteiger partial charge >= 0.3 is 0 Å². The number of nitrogens with zero attached hydrogens (tertiary/aromatic N) is 7. The van der Waals surface area contributed by atoms with E-state index in [0.717, 1.165) is 42.1 Å². The number of alkyl halides is 1. The molecule has 166 valence electrons. The Balaban J connectivity index is 1.30. The number of thiazole rings is 1. The Hall–Kier alpha value is -3.38. The Morgan fingerprint density at radius 2 is 1.94 bits per heavy atom. The van der Waals surface area contributed by atoms with Gasteiger partial charge in [0.25, 0.3) is 5.89 Å². The average Bonchev–Trinajstić information content (AvgIpc) is 3.56. The van der Waals surface area contributed by atoms with Crippen molar-refractivity contribution in [1.82, 2.24) is 29.9 Å². The van der Waals surface area contributed by atoms with Gasteiger partial charge in [-0.25, -0.2) is 19.0 Å². The fourth-order valence-corrected chi connectivity index (χ4v) is 4.22. The number of hydrogen-bond acceptors (Lipinski definition) is 10. The van der Waals surface area contributed by atoms with E-state index in [1.54, 1.807) is 40.3 Å². The van der Waals surface area contributed by atoms with Crippen molar-refractivity contribution in [2.45, 2.75) is 13.5 Å². The molecule has 0 spiro atoms. The Morgan fingerprint density at radius 3 is 2.72 bits per heavy atom. The van der Waals surface area contributed by atoms with Crippen LogP contribution in [0.25, 0.3) is 23.1 Å². The van der Waals surface area contributed by atoms with Crippen LogP contribution in [-0.2, 0) is 11.3 Å². The van der Waals surface area contributed by atoms with Crippen molar-refractivity contribution in [3.8, 4) is 28.9 Å². The second kappa shape index (κ2) is 9.01. The van der Waals surface area contributed by atoms with Crippen molar-refractivity contribution in [2.24, 2.45) is 0 Å². The fourth-order valence-electron chi connectivity index (χ4n) is 3.27. The molecule has 4 aromatic rings. The first-order valence-corrected chi connectivity index (χ1v) is 10.8. The van der Waals surface area contributed by atoms with Crippen LogP contribution in [-0.4, -0.2) is 63.1 Å². The zero-order valence-electron chi connectivity index (χ0n) is 17.3. The molecule has 0 bridgehead atoms. The van der Waals surface area contributed by atoms with Gasteiger partial charge in [0.05, 0.1) is 19.8 Å². The van der Waals surface area contributed by atoms with Crippen molar-refractivity contribution in [2.75, 3.05) is 38.1 Å². The van der Waals surface area contributed by atoms with E-state index in [1.165, 1.54) is 0 Å². The monoisotopic (exact) mass is 457 g/mol. The van der Waals surface area contributed by atoms with Gasteiger partial charge in [-0.15, -0.1) is 5.10 Å². The summed E-state index contributed by atoms with van der Waals surface area (Å²) in [5, 5.41) is 9.53. The van der Waals surface area contributed by atoms with Crippen molar-refractivity contribution >= 4 is 16.5 Å². The quantitative estimate of drug-likeness (QED) is 0.414. The summed E-state index contributed by atoms with van der Waals surface area (Å²) in [6, 6.07) is 6.74. The van der Waals surface area contributed by atoms with Gasteiger partial charge in [-0.2, -0.15) is 4.98 Å². The minimum Gasteiger partial charge on any atom is -0.463 e. The third-order valence-electron chi connectivity index (χ3n) is 4.94. The van der Waals surface area contributed by atoms with Gasteiger partial charge in [-0.3, -0.25) is 0 Å². The predicted molar refractivity (Wildman–Crippen MR) is 114 cm³/mol. The minimum atomic E-state index is -0.880. The second-order valence-electron chi connectivity index (χ2n) is 7.05. The maximum Gasteiger partial charge on any atom is 0.297 e. The highest BCUT2D eigenvalue weighted by molar-refractivity contribution is 7.15. The molecule has 1 aliphatic heterocycles. The average molecular weight is 457 g/mol. The summed E-state index contributed by atoms with van der Waals surface area (Å²) in [5.74, 6) is 2.13. The Morgan fingerprint density at radius 1 is 1.12 bits per heavy atom. The molecule has 1 fully saturated rings. The number of aromatic nitrogens is 6. The number of ether oxygens (including phenoxy) is 2. The lowest BCUT2D eigenvalue weighted by molar-refractivity contribution is 0.122. The number of morpholine rings is 1. The molecule has 5 rings (SSSR count). The molecular weight excluding hydrogens is 437 g/mol. The van der Waals surface area contributed by atoms with Crippen LogP contribution >= 0.6 is 11.3 Å². The maximum absolute atomic E-state index is 12.3. The van der Waals surface area contributed by atoms with Crippen molar-refractivity contribution in [1.29, 1.82) is 0 Å². The highest BCUT2D eigenvalue weighted by Gasteiger charge is 2.19. The van der Waals surface area contributed by atoms with Crippen LogP contribution in [0.4, 0.5) is 9.52 Å². The molecule has 0 N–H and O–H groups in total. The van der Waals surface area contributed by atoms with Crippen LogP contribution in [0.3, 0.4) is 0 Å². The molecule has 0 unspecified atom stereocenters. The molecule has 0 aliphatic carbocycles. The number of halogens is 1. The van der Waals surface area contributed by atoms with E-state index in [0.29, 0.717) is 29.5 Å². The zero-order chi connectivity index (χ0) is 21.9. The summed E-state index contributed by atoms with van der Waals surface area (Å²) in [6.45, 7) is 4.70. The van der Waals surface area contributed by atoms with Gasteiger partial charge in [-0.05, 0) is 31.2 Å². The predicted octanol–water partition coefficient (Wildman–Crippen LogP) is 2.95. The van der Waals surface area contributed by atoms with E-state index in [-0.39, 0.29) is 5.89 Å². The number of rotatable bonds is 7. The van der Waals surface area contributed by atoms with Gasteiger partial charge in [0.1, 0.15) is 11.6 Å². The van der Waals surface area contributed by atoms with E-state index in [4.69, 9.17) is 14.0 Å². The fraction of sp³-hybridized carbons (Fsp3) is 0.350. The summed E-state index contributed by atoms with van der Waals surface area (Å²) < 4.78 is 29.6. The summed E-state index contributed by atoms with van der Waals surface area (Å²) in [6.07, 6.45) is 1.87. The van der Waals surface area contributed by atoms with Gasteiger partial charge in [-0.1, -0.05) is 16.5 Å². The summed E-state index contributed by atoms with van der Waals surface area (Å²) in [4.78, 5) is 16.7. The van der Waals surface area contributed by atoms with Crippen LogP contribution in [0.2, 0.25) is 0 Å². The molecule has 0 atom stereocenters. The highest BCUT2D eigenvalue weighted by Crippen LogP contribution is 2.25. The summed E-state index contributed by atoms with van der Waals surface area (Å²) in [5.41, 5.74) is 0.711. The molecule has 0 amide bonds. The molecule has 32 heavy (non-hydrogen) atoms. The number of aryl methyl sites for hydroxylation is 1. The Bertz CT molecular complexity index is 1180. The largest absolute Gasteiger partial charge is 0.463 e. The van der Waals surface area contributed by atoms with Crippen LogP contribution < -0.4 is 9.64 Å². The van der Waals surface area contributed by atoms with Crippen molar-refractivity contribution < 1.29 is 18.4 Å². The minimum absolute atomic E-state index is 0.226. The lowest BCUT2D eigenvalue weighted by atomic mass is 10.2. The Kier molecular flexibility index (Phi) is 5.77. The first-order valence-electron chi connectivity index (χ1n) is 10.0. The molecule has 1 saturated heterocycles. The molecule has 10 nitrogen and oxygen atoms in total. The van der Waals surface area contributed by atoms with Crippen molar-refractivity contribution in [3.63, 3.8) is 0 Å². The standard InChI is InChI=1S/C20H20FN7O3S/c1-13-23-18(19-24-17(26-31-19)14-2-4-15(5-3-14)30-12-21)25-28(13)11-16-10-22-20(32-16)27-6-8-29-9-7-27/h2-5,10H,6-9,11-12H2,1H3. The SMILES string of the molecule is Cc1nc(-c2nc(-c3ccc(OCF)cc3)no2)nn1Cc1cnc(N2CCOCC2)s1. The molecule has 4 heterocycles. The third-order valence-corrected chi connectivity index (χ3v) is 5.98. The van der Waals surface area contributed by atoms with E-state index < -0.39 is 6.86 Å². The first-order chi connectivity index (χ1) is 15.7. The molecule has 0 saturated carbocycles. The molecule has 1 aromatic carbocycles. The van der Waals surface area contributed by atoms with Crippen LogP contribution in [0.5, 0.6) is 5.75 Å². The van der Waals surface area contributed by atoms with Gasteiger partial charge in [0, 0.05) is 29.7 Å². The van der Waals surface area contributed by atoms with Gasteiger partial charge in [0.15, 0.2) is 5.13 Å². The highest BCUT2D eigenvalue weighted by atomic mass is 32.1. The summed E-state index contributed by atoms with van der Waals surface area (Å²) >= 11 is 1.64. The van der Waals surface area contributed by atoms with Crippen LogP contribution in [0, 0.1) is 6.92 Å². The van der Waals surface area contributed by atoms with Gasteiger partial charge < -0.3 is 18.9 Å². The van der Waals surface area contributed by atoms with E-state index in [1.807, 2.05) is 13.1 Å². The molecule has 12 heteroatoms. The third kappa shape index (κ3) is 4.32. The van der Waals surface area contributed by atoms with E-state index in [9.17, 15) is 4.39 Å². The van der Waals surface area contributed by atoms with E-state index in [2.05, 4.69) is 30.1 Å². The lowest BCUT2D eigenvalue weighted by Crippen LogP contribution is -2.36. The lowest BCUT2D eigenvalue weighted by Gasteiger charge is -2.25. The number of benzene rings is 1. The second-order valence-corrected chi connectivity index (χ2v) is 8.14. The number of hydrogen-bond donors (Lipinski definition) is 0. The van der Waals surface area contributed by atoms with E-state index >= 15 is 0 Å². The summed E-state index contributed by atoms with van der Waals surface area (Å²) in [7, 11) is 0. The topological polar surface area (TPSA) is 104 Å². The zero-order valence-corrected chi connectivity index (χ0v) is 18.1. The smallest absolute Gasteiger partial charge is 0.297 e. The normalized spacial score (nSPS) is 14.1. The van der Waals surface area contributed by atoms with Gasteiger partial charge in [0.2, 0.25) is 18.5 Å².